The van der Waals surface area contributed by atoms with Crippen LogP contribution < -0.4 is 0 Å². The van der Waals surface area contributed by atoms with Crippen molar-refractivity contribution < 1.29 is 47.3 Å². The number of esters is 4. The first kappa shape index (κ1) is 31.6. The molecule has 5 aliphatic rings. The monoisotopic (exact) mass is 624 g/mol. The summed E-state index contributed by atoms with van der Waals surface area (Å²) in [7, 11) is 0. The van der Waals surface area contributed by atoms with Crippen LogP contribution in [0.2, 0.25) is 0 Å². The van der Waals surface area contributed by atoms with Gasteiger partial charge in [0, 0.05) is 60.8 Å². The first-order chi connectivity index (χ1) is 21.1. The summed E-state index contributed by atoms with van der Waals surface area (Å²) < 4.78 is 36.9. The highest BCUT2D eigenvalue weighted by molar-refractivity contribution is 5.83. The maximum absolute atomic E-state index is 13.8. The van der Waals surface area contributed by atoms with Gasteiger partial charge in [0.05, 0.1) is 25.2 Å². The molecule has 1 aromatic rings. The lowest BCUT2D eigenvalue weighted by atomic mass is 9.39. The minimum Gasteiger partial charge on any atom is -0.472 e. The highest BCUT2D eigenvalue weighted by Crippen LogP contribution is 2.72. The van der Waals surface area contributed by atoms with Crippen LogP contribution in [-0.4, -0.2) is 61.0 Å². The lowest BCUT2D eigenvalue weighted by Gasteiger charge is -2.66. The van der Waals surface area contributed by atoms with Crippen LogP contribution in [0.4, 0.5) is 0 Å². The molecule has 4 fully saturated rings. The molecule has 2 saturated heterocycles. The SMILES string of the molecule is CC(=O)O[C@H]1C[C@H](OC(C)=O)[C@@]2(C)[C@H]3[C@@H](OC[C@]13C)[C@@H](OC(=O)C=C(C)C)[C@@]1(C)C3=C(C)[C@H](c4ccoc4)C[C@@H]3OC(=O)C[C@@H]12. The van der Waals surface area contributed by atoms with Crippen LogP contribution in [0.1, 0.15) is 86.1 Å². The van der Waals surface area contributed by atoms with Gasteiger partial charge in [-0.3, -0.25) is 14.4 Å². The second kappa shape index (κ2) is 10.9. The fourth-order valence-corrected chi connectivity index (χ4v) is 10.2. The van der Waals surface area contributed by atoms with E-state index in [1.54, 1.807) is 12.5 Å². The molecule has 10 nitrogen and oxygen atoms in total. The summed E-state index contributed by atoms with van der Waals surface area (Å²) in [5.74, 6) is -2.71. The van der Waals surface area contributed by atoms with E-state index >= 15 is 0 Å². The Labute approximate surface area is 263 Å². The normalized spacial score (nSPS) is 41.6. The molecule has 2 saturated carbocycles. The Morgan fingerprint density at radius 2 is 1.67 bits per heavy atom. The Bertz CT molecular complexity index is 1470. The zero-order valence-corrected chi connectivity index (χ0v) is 27.3. The van der Waals surface area contributed by atoms with Crippen molar-refractivity contribution in [1.82, 2.24) is 0 Å². The summed E-state index contributed by atoms with van der Waals surface area (Å²) in [6.07, 6.45) is 2.29. The standard InChI is InChI=1S/C35H44O10/c1-17(2)11-27(38)45-32-30-31-33(6,16-41-30)25(42-19(4)36)14-26(43-20(5)37)34(31,7)24-13-28(39)44-23-12-22(21-9-10-40-15-21)18(3)29(23)35(24,32)8/h9-11,15,22-26,30-32H,12-14,16H2,1-8H3/t22-,23+,24-,25+,26+,30-,31+,32-,33-,34+,35-/m1/s1. The number of carbonyl (C=O) groups is 4. The lowest BCUT2D eigenvalue weighted by molar-refractivity contribution is -0.257. The van der Waals surface area contributed by atoms with Crippen molar-refractivity contribution in [2.75, 3.05) is 6.61 Å². The second-order valence-corrected chi connectivity index (χ2v) is 14.6. The van der Waals surface area contributed by atoms with E-state index in [1.165, 1.54) is 19.9 Å². The summed E-state index contributed by atoms with van der Waals surface area (Å²) in [4.78, 5) is 52.3. The van der Waals surface area contributed by atoms with Crippen molar-refractivity contribution in [3.8, 4) is 0 Å². The molecule has 0 radical (unpaired) electrons. The van der Waals surface area contributed by atoms with Crippen LogP contribution in [-0.2, 0) is 42.9 Å². The molecule has 11 atom stereocenters. The minimum atomic E-state index is -0.946. The Morgan fingerprint density at radius 3 is 2.29 bits per heavy atom. The molecule has 0 aromatic carbocycles. The molecule has 0 N–H and O–H groups in total. The fraction of sp³-hybridized carbons (Fsp3) is 0.657. The molecule has 0 bridgehead atoms. The maximum atomic E-state index is 13.8. The summed E-state index contributed by atoms with van der Waals surface area (Å²) >= 11 is 0. The number of ether oxygens (including phenoxy) is 5. The van der Waals surface area contributed by atoms with Crippen LogP contribution in [0.5, 0.6) is 0 Å². The van der Waals surface area contributed by atoms with Crippen molar-refractivity contribution >= 4 is 23.9 Å². The third-order valence-corrected chi connectivity index (χ3v) is 11.7. The van der Waals surface area contributed by atoms with Gasteiger partial charge < -0.3 is 28.1 Å². The molecule has 244 valence electrons. The fourth-order valence-electron chi connectivity index (χ4n) is 10.2. The van der Waals surface area contributed by atoms with E-state index in [2.05, 4.69) is 20.8 Å². The van der Waals surface area contributed by atoms with Crippen LogP contribution in [0.25, 0.3) is 0 Å². The van der Waals surface area contributed by atoms with Crippen molar-refractivity contribution in [1.29, 1.82) is 0 Å². The maximum Gasteiger partial charge on any atom is 0.331 e. The second-order valence-electron chi connectivity index (χ2n) is 14.6. The van der Waals surface area contributed by atoms with Gasteiger partial charge in [-0.05, 0) is 50.3 Å². The molecule has 2 aliphatic heterocycles. The Morgan fingerprint density at radius 1 is 0.978 bits per heavy atom. The van der Waals surface area contributed by atoms with E-state index in [1.807, 2.05) is 26.8 Å². The molecule has 45 heavy (non-hydrogen) atoms. The van der Waals surface area contributed by atoms with Gasteiger partial charge in [0.1, 0.15) is 24.4 Å². The number of allylic oxidation sites excluding steroid dienone is 2. The van der Waals surface area contributed by atoms with E-state index in [-0.39, 0.29) is 31.3 Å². The van der Waals surface area contributed by atoms with Gasteiger partial charge in [-0.1, -0.05) is 31.9 Å². The minimum absolute atomic E-state index is 0.0304. The number of fused-ring (bicyclic) bond motifs is 4. The van der Waals surface area contributed by atoms with E-state index in [4.69, 9.17) is 28.1 Å². The van der Waals surface area contributed by atoms with Crippen LogP contribution in [0.3, 0.4) is 0 Å². The van der Waals surface area contributed by atoms with Crippen LogP contribution in [0.15, 0.2) is 45.8 Å². The zero-order valence-electron chi connectivity index (χ0n) is 27.3. The lowest BCUT2D eigenvalue weighted by Crippen LogP contribution is -2.72. The molecule has 0 unspecified atom stereocenters. The molecule has 3 aliphatic carbocycles. The van der Waals surface area contributed by atoms with Crippen molar-refractivity contribution in [2.45, 2.75) is 111 Å². The number of carbonyl (C=O) groups excluding carboxylic acids is 4. The van der Waals surface area contributed by atoms with Crippen molar-refractivity contribution in [3.63, 3.8) is 0 Å². The topological polar surface area (TPSA) is 128 Å². The smallest absolute Gasteiger partial charge is 0.331 e. The third-order valence-electron chi connectivity index (χ3n) is 11.7. The summed E-state index contributed by atoms with van der Waals surface area (Å²) in [5, 5.41) is 0. The van der Waals surface area contributed by atoms with Gasteiger partial charge in [-0.2, -0.15) is 0 Å². The summed E-state index contributed by atoms with van der Waals surface area (Å²) in [6, 6.07) is 1.92. The molecular formula is C35H44O10. The molecule has 6 rings (SSSR count). The first-order valence-corrected chi connectivity index (χ1v) is 15.9. The van der Waals surface area contributed by atoms with Gasteiger partial charge in [0.2, 0.25) is 0 Å². The van der Waals surface area contributed by atoms with Crippen molar-refractivity contribution in [2.24, 2.45) is 28.1 Å². The van der Waals surface area contributed by atoms with Gasteiger partial charge in [-0.15, -0.1) is 0 Å². The molecule has 0 spiro atoms. The van der Waals surface area contributed by atoms with Gasteiger partial charge in [0.15, 0.2) is 0 Å². The number of hydrogen-bond acceptors (Lipinski definition) is 10. The third kappa shape index (κ3) is 4.69. The molecule has 1 aromatic heterocycles. The zero-order chi connectivity index (χ0) is 32.6. The van der Waals surface area contributed by atoms with Crippen molar-refractivity contribution in [3.05, 3.63) is 47.0 Å². The Hall–Kier alpha value is -3.40. The van der Waals surface area contributed by atoms with E-state index in [0.717, 1.165) is 22.3 Å². The number of rotatable bonds is 5. The molecule has 3 heterocycles. The average molecular weight is 625 g/mol. The summed E-state index contributed by atoms with van der Waals surface area (Å²) in [6.45, 7) is 14.8. The number of furan rings is 1. The number of hydrogen-bond donors (Lipinski definition) is 0. The van der Waals surface area contributed by atoms with E-state index < -0.39 is 76.5 Å². The largest absolute Gasteiger partial charge is 0.472 e. The highest BCUT2D eigenvalue weighted by atomic mass is 16.6. The molecule has 10 heteroatoms. The van der Waals surface area contributed by atoms with E-state index in [0.29, 0.717) is 6.42 Å². The Balaban J connectivity index is 1.61. The Kier molecular flexibility index (Phi) is 7.61. The highest BCUT2D eigenvalue weighted by Gasteiger charge is 2.78. The first-order valence-electron chi connectivity index (χ1n) is 15.9. The summed E-state index contributed by atoms with van der Waals surface area (Å²) in [5.41, 5.74) is 1.22. The molecular weight excluding hydrogens is 580 g/mol. The van der Waals surface area contributed by atoms with Gasteiger partial charge in [0.25, 0.3) is 0 Å². The van der Waals surface area contributed by atoms with Crippen LogP contribution >= 0.6 is 0 Å². The quantitative estimate of drug-likeness (QED) is 0.186. The predicted octanol–water partition coefficient (Wildman–Crippen LogP) is 5.21. The van der Waals surface area contributed by atoms with Gasteiger partial charge in [-0.25, -0.2) is 4.79 Å². The van der Waals surface area contributed by atoms with E-state index in [9.17, 15) is 19.2 Å². The van der Waals surface area contributed by atoms with Crippen LogP contribution in [0, 0.1) is 28.1 Å². The van der Waals surface area contributed by atoms with Gasteiger partial charge >= 0.3 is 23.9 Å². The molecule has 0 amide bonds. The predicted molar refractivity (Wildman–Crippen MR) is 159 cm³/mol. The average Bonchev–Trinajstić information content (AvgIpc) is 3.64.